The molecule has 0 spiro atoms. The quantitative estimate of drug-likeness (QED) is 0.920. The number of carboxylic acid groups (broad SMARTS) is 1. The van der Waals surface area contributed by atoms with E-state index in [2.05, 4.69) is 15.9 Å². The van der Waals surface area contributed by atoms with Crippen molar-refractivity contribution in [2.45, 2.75) is 19.4 Å². The number of hydrogen-bond donors (Lipinski definition) is 1. The van der Waals surface area contributed by atoms with E-state index in [1.807, 2.05) is 0 Å². The Kier molecular flexibility index (Phi) is 4.08. The van der Waals surface area contributed by atoms with Crippen molar-refractivity contribution >= 4 is 21.9 Å². The zero-order chi connectivity index (χ0) is 11.4. The third kappa shape index (κ3) is 3.87. The van der Waals surface area contributed by atoms with E-state index in [0.717, 1.165) is 0 Å². The van der Waals surface area contributed by atoms with Crippen LogP contribution >= 0.6 is 15.9 Å². The Bertz CT molecular complexity index is 368. The molecule has 1 atom stereocenters. The maximum absolute atomic E-state index is 12.8. The van der Waals surface area contributed by atoms with Crippen molar-refractivity contribution in [2.24, 2.45) is 0 Å². The van der Waals surface area contributed by atoms with E-state index >= 15 is 0 Å². The van der Waals surface area contributed by atoms with E-state index in [0.29, 0.717) is 10.2 Å². The van der Waals surface area contributed by atoms with Gasteiger partial charge in [0, 0.05) is 6.07 Å². The SMILES string of the molecule is C[C@@H](CC(=O)O)Oc1cc(F)ccc1Br. The van der Waals surface area contributed by atoms with E-state index in [4.69, 9.17) is 9.84 Å². The Labute approximate surface area is 95.0 Å². The molecule has 0 unspecified atom stereocenters. The van der Waals surface area contributed by atoms with Gasteiger partial charge in [-0.25, -0.2) is 4.39 Å². The fraction of sp³-hybridized carbons (Fsp3) is 0.300. The molecule has 5 heteroatoms. The van der Waals surface area contributed by atoms with Crippen molar-refractivity contribution in [1.82, 2.24) is 0 Å². The molecule has 0 aliphatic heterocycles. The van der Waals surface area contributed by atoms with Gasteiger partial charge in [-0.1, -0.05) is 0 Å². The summed E-state index contributed by atoms with van der Waals surface area (Å²) in [6.07, 6.45) is -0.622. The summed E-state index contributed by atoms with van der Waals surface area (Å²) in [5.41, 5.74) is 0. The number of carboxylic acids is 1. The first kappa shape index (κ1) is 12.0. The van der Waals surface area contributed by atoms with Crippen molar-refractivity contribution in [3.8, 4) is 5.75 Å². The van der Waals surface area contributed by atoms with Gasteiger partial charge in [-0.15, -0.1) is 0 Å². The average Bonchev–Trinajstić information content (AvgIpc) is 2.10. The Morgan fingerprint density at radius 1 is 1.67 bits per heavy atom. The third-order valence-electron chi connectivity index (χ3n) is 1.68. The Morgan fingerprint density at radius 3 is 2.93 bits per heavy atom. The molecule has 0 radical (unpaired) electrons. The lowest BCUT2D eigenvalue weighted by Gasteiger charge is -2.13. The lowest BCUT2D eigenvalue weighted by atomic mass is 10.3. The summed E-state index contributed by atoms with van der Waals surface area (Å²) < 4.78 is 18.7. The first-order valence-electron chi connectivity index (χ1n) is 4.32. The van der Waals surface area contributed by atoms with Crippen LogP contribution in [0.4, 0.5) is 4.39 Å². The zero-order valence-corrected chi connectivity index (χ0v) is 9.62. The van der Waals surface area contributed by atoms with Gasteiger partial charge in [0.25, 0.3) is 0 Å². The normalized spacial score (nSPS) is 12.2. The summed E-state index contributed by atoms with van der Waals surface area (Å²) in [6.45, 7) is 1.62. The van der Waals surface area contributed by atoms with Crippen LogP contribution in [0.1, 0.15) is 13.3 Å². The Balaban J connectivity index is 2.71. The third-order valence-corrected chi connectivity index (χ3v) is 2.34. The second-order valence-corrected chi connectivity index (χ2v) is 3.96. The van der Waals surface area contributed by atoms with Crippen molar-refractivity contribution in [3.63, 3.8) is 0 Å². The van der Waals surface area contributed by atoms with Gasteiger partial charge in [0.2, 0.25) is 0 Å². The minimum Gasteiger partial charge on any atom is -0.489 e. The average molecular weight is 277 g/mol. The Hall–Kier alpha value is -1.10. The van der Waals surface area contributed by atoms with Crippen LogP contribution in [-0.4, -0.2) is 17.2 Å². The largest absolute Gasteiger partial charge is 0.489 e. The predicted molar refractivity (Wildman–Crippen MR) is 56.4 cm³/mol. The minimum absolute atomic E-state index is 0.122. The van der Waals surface area contributed by atoms with Crippen molar-refractivity contribution in [2.75, 3.05) is 0 Å². The molecule has 0 saturated carbocycles. The highest BCUT2D eigenvalue weighted by atomic mass is 79.9. The van der Waals surface area contributed by atoms with Crippen LogP contribution in [0.15, 0.2) is 22.7 Å². The van der Waals surface area contributed by atoms with Crippen LogP contribution in [0.2, 0.25) is 0 Å². The highest BCUT2D eigenvalue weighted by Gasteiger charge is 2.11. The summed E-state index contributed by atoms with van der Waals surface area (Å²) >= 11 is 3.19. The molecule has 0 aliphatic carbocycles. The molecule has 0 fully saturated rings. The van der Waals surface area contributed by atoms with Crippen LogP contribution in [0, 0.1) is 5.82 Å². The molecular formula is C10H10BrFO3. The molecular weight excluding hydrogens is 267 g/mol. The predicted octanol–water partition coefficient (Wildman–Crippen LogP) is 2.83. The van der Waals surface area contributed by atoms with E-state index < -0.39 is 17.9 Å². The number of carbonyl (C=O) groups is 1. The number of rotatable bonds is 4. The van der Waals surface area contributed by atoms with Gasteiger partial charge in [-0.2, -0.15) is 0 Å². The molecule has 0 heterocycles. The number of ether oxygens (including phenoxy) is 1. The van der Waals surface area contributed by atoms with Crippen LogP contribution in [0.25, 0.3) is 0 Å². The molecule has 1 aromatic carbocycles. The van der Waals surface area contributed by atoms with E-state index in [1.54, 1.807) is 6.92 Å². The van der Waals surface area contributed by atoms with Gasteiger partial charge in [0.05, 0.1) is 10.9 Å². The summed E-state index contributed by atoms with van der Waals surface area (Å²) in [6, 6.07) is 4.01. The highest BCUT2D eigenvalue weighted by Crippen LogP contribution is 2.26. The van der Waals surface area contributed by atoms with Gasteiger partial charge >= 0.3 is 5.97 Å². The van der Waals surface area contributed by atoms with E-state index in [1.165, 1.54) is 18.2 Å². The standard InChI is InChI=1S/C10H10BrFO3/c1-6(4-10(13)14)15-9-5-7(12)2-3-8(9)11/h2-3,5-6H,4H2,1H3,(H,13,14)/t6-/m0/s1. The maximum atomic E-state index is 12.8. The van der Waals surface area contributed by atoms with Gasteiger partial charge in [-0.05, 0) is 35.0 Å². The molecule has 3 nitrogen and oxygen atoms in total. The summed E-state index contributed by atoms with van der Waals surface area (Å²) in [5.74, 6) is -1.06. The first-order valence-corrected chi connectivity index (χ1v) is 5.12. The van der Waals surface area contributed by atoms with Gasteiger partial charge in [0.15, 0.2) is 0 Å². The molecule has 0 amide bonds. The lowest BCUT2D eigenvalue weighted by molar-refractivity contribution is -0.138. The van der Waals surface area contributed by atoms with Crippen molar-refractivity contribution in [3.05, 3.63) is 28.5 Å². The second-order valence-electron chi connectivity index (χ2n) is 3.10. The summed E-state index contributed by atoms with van der Waals surface area (Å²) in [4.78, 5) is 10.4. The first-order chi connectivity index (χ1) is 6.99. The van der Waals surface area contributed by atoms with E-state index in [9.17, 15) is 9.18 Å². The Morgan fingerprint density at radius 2 is 2.33 bits per heavy atom. The minimum atomic E-state index is -0.949. The van der Waals surface area contributed by atoms with Crippen LogP contribution in [-0.2, 0) is 4.79 Å². The molecule has 0 bridgehead atoms. The fourth-order valence-corrected chi connectivity index (χ4v) is 1.41. The van der Waals surface area contributed by atoms with Crippen molar-refractivity contribution in [1.29, 1.82) is 0 Å². The maximum Gasteiger partial charge on any atom is 0.307 e. The molecule has 15 heavy (non-hydrogen) atoms. The monoisotopic (exact) mass is 276 g/mol. The molecule has 1 aromatic rings. The zero-order valence-electron chi connectivity index (χ0n) is 8.04. The number of hydrogen-bond acceptors (Lipinski definition) is 2. The summed E-state index contributed by atoms with van der Waals surface area (Å²) in [7, 11) is 0. The molecule has 0 aromatic heterocycles. The second kappa shape index (κ2) is 5.11. The van der Waals surface area contributed by atoms with E-state index in [-0.39, 0.29) is 6.42 Å². The molecule has 1 rings (SSSR count). The van der Waals surface area contributed by atoms with Crippen molar-refractivity contribution < 1.29 is 19.0 Å². The van der Waals surface area contributed by atoms with Gasteiger partial charge < -0.3 is 9.84 Å². The van der Waals surface area contributed by atoms with Crippen LogP contribution in [0.3, 0.4) is 0 Å². The molecule has 1 N–H and O–H groups in total. The fourth-order valence-electron chi connectivity index (χ4n) is 1.07. The van der Waals surface area contributed by atoms with Gasteiger partial charge in [0.1, 0.15) is 17.7 Å². The summed E-state index contributed by atoms with van der Waals surface area (Å²) in [5, 5.41) is 8.52. The van der Waals surface area contributed by atoms with Crippen LogP contribution in [0.5, 0.6) is 5.75 Å². The smallest absolute Gasteiger partial charge is 0.307 e. The molecule has 0 saturated heterocycles. The lowest BCUT2D eigenvalue weighted by Crippen LogP contribution is -2.16. The number of benzene rings is 1. The molecule has 82 valence electrons. The number of aliphatic carboxylic acids is 1. The van der Waals surface area contributed by atoms with Crippen LogP contribution < -0.4 is 4.74 Å². The molecule has 0 aliphatic rings. The topological polar surface area (TPSA) is 46.5 Å². The number of halogens is 2. The van der Waals surface area contributed by atoms with Gasteiger partial charge in [-0.3, -0.25) is 4.79 Å². The highest BCUT2D eigenvalue weighted by molar-refractivity contribution is 9.10.